The fourth-order valence-electron chi connectivity index (χ4n) is 3.47. The van der Waals surface area contributed by atoms with Crippen molar-refractivity contribution in [3.63, 3.8) is 0 Å². The molecule has 0 spiro atoms. The molecule has 1 atom stereocenters. The van der Waals surface area contributed by atoms with Crippen molar-refractivity contribution in [1.29, 1.82) is 0 Å². The monoisotopic (exact) mass is 312 g/mol. The molecule has 0 radical (unpaired) electrons. The first kappa shape index (κ1) is 15.2. The van der Waals surface area contributed by atoms with Crippen LogP contribution in [0.2, 0.25) is 5.02 Å². The summed E-state index contributed by atoms with van der Waals surface area (Å²) in [5.41, 5.74) is 1.13. The van der Waals surface area contributed by atoms with Crippen molar-refractivity contribution in [2.45, 2.75) is 18.9 Å². The summed E-state index contributed by atoms with van der Waals surface area (Å²) in [5.74, 6) is 0.213. The van der Waals surface area contributed by atoms with E-state index in [0.717, 1.165) is 57.8 Å². The Hall–Kier alpha value is -0.680. The predicted octanol–water partition coefficient (Wildman–Crippen LogP) is 2.85. The molecule has 0 bridgehead atoms. The van der Waals surface area contributed by atoms with E-state index in [2.05, 4.69) is 10.2 Å². The van der Waals surface area contributed by atoms with E-state index in [1.54, 1.807) is 6.07 Å². The lowest BCUT2D eigenvalue weighted by molar-refractivity contribution is 0.0213. The number of nitrogens with one attached hydrogen (secondary N) is 1. The van der Waals surface area contributed by atoms with Gasteiger partial charge < -0.3 is 10.1 Å². The molecule has 5 heteroatoms. The Morgan fingerprint density at radius 2 is 1.95 bits per heavy atom. The van der Waals surface area contributed by atoms with Crippen molar-refractivity contribution in [1.82, 2.24) is 10.2 Å². The number of piperazine rings is 1. The second-order valence-electron chi connectivity index (χ2n) is 5.85. The fourth-order valence-corrected chi connectivity index (χ4v) is 3.66. The van der Waals surface area contributed by atoms with Gasteiger partial charge in [0, 0.05) is 45.4 Å². The summed E-state index contributed by atoms with van der Waals surface area (Å²) >= 11 is 6.01. The lowest BCUT2D eigenvalue weighted by atomic mass is 9.85. The minimum atomic E-state index is -0.341. The zero-order chi connectivity index (χ0) is 14.7. The summed E-state index contributed by atoms with van der Waals surface area (Å²) in [7, 11) is 0. The summed E-state index contributed by atoms with van der Waals surface area (Å²) in [6.07, 6.45) is 2.12. The smallest absolute Gasteiger partial charge is 0.141 e. The zero-order valence-corrected chi connectivity index (χ0v) is 12.9. The largest absolute Gasteiger partial charge is 0.381 e. The van der Waals surface area contributed by atoms with Crippen LogP contribution in [0.5, 0.6) is 0 Å². The summed E-state index contributed by atoms with van der Waals surface area (Å²) in [6.45, 7) is 5.71. The molecule has 3 rings (SSSR count). The van der Waals surface area contributed by atoms with Crippen molar-refractivity contribution in [3.05, 3.63) is 34.6 Å². The summed E-state index contributed by atoms with van der Waals surface area (Å²) in [4.78, 5) is 2.51. The number of hydrogen-bond acceptors (Lipinski definition) is 3. The number of halogens is 2. The molecule has 2 heterocycles. The number of benzene rings is 1. The molecule has 0 aliphatic carbocycles. The molecule has 0 saturated carbocycles. The van der Waals surface area contributed by atoms with Crippen LogP contribution in [0.25, 0.3) is 0 Å². The summed E-state index contributed by atoms with van der Waals surface area (Å²) in [6, 6.07) is 5.50. The van der Waals surface area contributed by atoms with Gasteiger partial charge >= 0.3 is 0 Å². The van der Waals surface area contributed by atoms with Gasteiger partial charge in [-0.25, -0.2) is 4.39 Å². The molecule has 2 aliphatic rings. The Morgan fingerprint density at radius 3 is 2.62 bits per heavy atom. The molecule has 2 aliphatic heterocycles. The van der Waals surface area contributed by atoms with Gasteiger partial charge in [-0.05, 0) is 36.5 Å². The SMILES string of the molecule is Fc1ccc([C@H](C2CCOCC2)N2CCNCC2)cc1Cl. The van der Waals surface area contributed by atoms with Crippen molar-refractivity contribution >= 4 is 11.6 Å². The minimum absolute atomic E-state index is 0.222. The molecule has 2 fully saturated rings. The Morgan fingerprint density at radius 1 is 1.24 bits per heavy atom. The lowest BCUT2D eigenvalue weighted by Gasteiger charge is -2.41. The van der Waals surface area contributed by atoms with E-state index >= 15 is 0 Å². The number of hydrogen-bond donors (Lipinski definition) is 1. The second-order valence-corrected chi connectivity index (χ2v) is 6.26. The fraction of sp³-hybridized carbons (Fsp3) is 0.625. The highest BCUT2D eigenvalue weighted by Gasteiger charge is 2.31. The maximum absolute atomic E-state index is 13.5. The van der Waals surface area contributed by atoms with Crippen LogP contribution >= 0.6 is 11.6 Å². The molecule has 1 aromatic carbocycles. The van der Waals surface area contributed by atoms with Crippen molar-refractivity contribution in [3.8, 4) is 0 Å². The molecule has 3 nitrogen and oxygen atoms in total. The Kier molecular flexibility index (Phi) is 5.11. The van der Waals surface area contributed by atoms with Crippen molar-refractivity contribution in [2.75, 3.05) is 39.4 Å². The third-order valence-corrected chi connectivity index (χ3v) is 4.83. The van der Waals surface area contributed by atoms with E-state index in [9.17, 15) is 4.39 Å². The molecule has 0 unspecified atom stereocenters. The first-order chi connectivity index (χ1) is 10.3. The second kappa shape index (κ2) is 7.05. The van der Waals surface area contributed by atoms with Gasteiger partial charge in [0.2, 0.25) is 0 Å². The van der Waals surface area contributed by atoms with Crippen LogP contribution in [0.3, 0.4) is 0 Å². The molecule has 21 heavy (non-hydrogen) atoms. The van der Waals surface area contributed by atoms with Crippen LogP contribution in [0.1, 0.15) is 24.4 Å². The van der Waals surface area contributed by atoms with E-state index in [4.69, 9.17) is 16.3 Å². The first-order valence-electron chi connectivity index (χ1n) is 7.73. The first-order valence-corrected chi connectivity index (χ1v) is 8.11. The Balaban J connectivity index is 1.87. The number of ether oxygens (including phenoxy) is 1. The third kappa shape index (κ3) is 3.57. The molecule has 0 aromatic heterocycles. The standard InChI is InChI=1S/C16H22ClFN2O/c17-14-11-13(1-2-15(14)18)16(12-3-9-21-10-4-12)20-7-5-19-6-8-20/h1-2,11-12,16,19H,3-10H2/t16-/m0/s1. The average Bonchev–Trinajstić information content (AvgIpc) is 2.53. The van der Waals surface area contributed by atoms with E-state index in [0.29, 0.717) is 12.0 Å². The van der Waals surface area contributed by atoms with Crippen LogP contribution < -0.4 is 5.32 Å². The maximum Gasteiger partial charge on any atom is 0.141 e. The highest BCUT2D eigenvalue weighted by Crippen LogP contribution is 2.36. The lowest BCUT2D eigenvalue weighted by Crippen LogP contribution is -2.47. The van der Waals surface area contributed by atoms with Gasteiger partial charge in [0.15, 0.2) is 0 Å². The highest BCUT2D eigenvalue weighted by atomic mass is 35.5. The number of nitrogens with zero attached hydrogens (tertiary/aromatic N) is 1. The predicted molar refractivity (Wildman–Crippen MR) is 82.1 cm³/mol. The molecule has 116 valence electrons. The van der Waals surface area contributed by atoms with Gasteiger partial charge in [0.25, 0.3) is 0 Å². The molecule has 1 aromatic rings. The van der Waals surface area contributed by atoms with E-state index in [1.807, 2.05) is 6.07 Å². The molecular weight excluding hydrogens is 291 g/mol. The van der Waals surface area contributed by atoms with E-state index in [-0.39, 0.29) is 10.8 Å². The highest BCUT2D eigenvalue weighted by molar-refractivity contribution is 6.30. The third-order valence-electron chi connectivity index (χ3n) is 4.54. The van der Waals surface area contributed by atoms with Gasteiger partial charge in [-0.3, -0.25) is 4.90 Å². The van der Waals surface area contributed by atoms with Gasteiger partial charge in [0.05, 0.1) is 5.02 Å². The maximum atomic E-state index is 13.5. The summed E-state index contributed by atoms with van der Waals surface area (Å²) < 4.78 is 19.0. The van der Waals surface area contributed by atoms with E-state index in [1.165, 1.54) is 6.07 Å². The van der Waals surface area contributed by atoms with Gasteiger partial charge in [-0.15, -0.1) is 0 Å². The van der Waals surface area contributed by atoms with Crippen LogP contribution in [0, 0.1) is 11.7 Å². The minimum Gasteiger partial charge on any atom is -0.381 e. The Labute approximate surface area is 130 Å². The quantitative estimate of drug-likeness (QED) is 0.929. The summed E-state index contributed by atoms with van der Waals surface area (Å²) in [5, 5.41) is 3.61. The number of rotatable bonds is 3. The average molecular weight is 313 g/mol. The van der Waals surface area contributed by atoms with Gasteiger partial charge in [-0.2, -0.15) is 0 Å². The normalized spacial score (nSPS) is 23.1. The van der Waals surface area contributed by atoms with Gasteiger partial charge in [-0.1, -0.05) is 17.7 Å². The molecule has 0 amide bonds. The van der Waals surface area contributed by atoms with Crippen LogP contribution in [-0.4, -0.2) is 44.3 Å². The van der Waals surface area contributed by atoms with Crippen LogP contribution in [0.4, 0.5) is 4.39 Å². The molecule has 1 N–H and O–H groups in total. The van der Waals surface area contributed by atoms with E-state index < -0.39 is 0 Å². The Bertz CT molecular complexity index is 455. The van der Waals surface area contributed by atoms with Crippen LogP contribution in [-0.2, 0) is 4.74 Å². The van der Waals surface area contributed by atoms with Crippen molar-refractivity contribution < 1.29 is 9.13 Å². The van der Waals surface area contributed by atoms with Crippen LogP contribution in [0.15, 0.2) is 18.2 Å². The van der Waals surface area contributed by atoms with Crippen molar-refractivity contribution in [2.24, 2.45) is 5.92 Å². The molecule has 2 saturated heterocycles. The van der Waals surface area contributed by atoms with Gasteiger partial charge in [0.1, 0.15) is 5.82 Å². The topological polar surface area (TPSA) is 24.5 Å². The zero-order valence-electron chi connectivity index (χ0n) is 12.2. The molecular formula is C16H22ClFN2O.